The van der Waals surface area contributed by atoms with Gasteiger partial charge in [0.25, 0.3) is 13.4 Å². The minimum absolute atomic E-state index is 0.210. The third-order valence-electron chi connectivity index (χ3n) is 17.5. The van der Waals surface area contributed by atoms with Gasteiger partial charge in [-0.25, -0.2) is 0 Å². The van der Waals surface area contributed by atoms with Gasteiger partial charge >= 0.3 is 0 Å². The molecule has 0 saturated heterocycles. The van der Waals surface area contributed by atoms with Gasteiger partial charge in [-0.05, 0) is 153 Å². The van der Waals surface area contributed by atoms with Gasteiger partial charge in [0.2, 0.25) is 0 Å². The van der Waals surface area contributed by atoms with Crippen LogP contribution in [-0.2, 0) is 0 Å². The molecule has 0 N–H and O–H groups in total. The first-order chi connectivity index (χ1) is 42.7. The predicted molar refractivity (Wildman–Crippen MR) is 362 cm³/mol. The fourth-order valence-corrected chi connectivity index (χ4v) is 15.4. The molecule has 13 aromatic rings. The minimum atomic E-state index is -0.237. The van der Waals surface area contributed by atoms with E-state index >= 15 is 0 Å². The molecular formula is C78H52B2N4OS. The molecule has 4 aliphatic rings. The van der Waals surface area contributed by atoms with Crippen molar-refractivity contribution in [2.75, 3.05) is 19.6 Å². The fraction of sp³-hybridized carbons (Fsp3) is 0. The monoisotopic (exact) mass is 1110 g/mol. The molecule has 4 aliphatic heterocycles. The summed E-state index contributed by atoms with van der Waals surface area (Å²) in [6, 6.07) is 115. The molecule has 86 heavy (non-hydrogen) atoms. The molecule has 17 rings (SSSR count). The number of hydrogen-bond acceptors (Lipinski definition) is 6. The number of fused-ring (bicyclic) bond motifs is 8. The first-order valence-electron chi connectivity index (χ1n) is 29.5. The predicted octanol–water partition coefficient (Wildman–Crippen LogP) is 17.1. The normalized spacial score (nSPS) is 12.8. The number of hydrogen-bond donors (Lipinski definition) is 0. The Kier molecular flexibility index (Phi) is 12.0. The Balaban J connectivity index is 1.05. The topological polar surface area (TPSA) is 22.2 Å². The number of para-hydroxylation sites is 8. The van der Waals surface area contributed by atoms with Crippen molar-refractivity contribution in [3.63, 3.8) is 0 Å². The van der Waals surface area contributed by atoms with Crippen LogP contribution in [0.3, 0.4) is 0 Å². The van der Waals surface area contributed by atoms with E-state index < -0.39 is 0 Å². The summed E-state index contributed by atoms with van der Waals surface area (Å²) in [7, 11) is 0. The lowest BCUT2D eigenvalue weighted by Gasteiger charge is -2.47. The van der Waals surface area contributed by atoms with Gasteiger partial charge in [-0.1, -0.05) is 218 Å². The highest BCUT2D eigenvalue weighted by atomic mass is 32.2. The summed E-state index contributed by atoms with van der Waals surface area (Å²) in [4.78, 5) is 12.3. The zero-order valence-electron chi connectivity index (χ0n) is 46.8. The van der Waals surface area contributed by atoms with Gasteiger partial charge in [-0.15, -0.1) is 0 Å². The Morgan fingerprint density at radius 1 is 0.302 bits per heavy atom. The summed E-state index contributed by atoms with van der Waals surface area (Å²) < 4.78 is 7.30. The quantitative estimate of drug-likeness (QED) is 0.126. The van der Waals surface area contributed by atoms with Gasteiger partial charge < -0.3 is 24.3 Å². The molecule has 402 valence electrons. The molecule has 0 spiro atoms. The van der Waals surface area contributed by atoms with E-state index in [2.05, 4.69) is 335 Å². The van der Waals surface area contributed by atoms with Gasteiger partial charge in [-0.3, -0.25) is 0 Å². The van der Waals surface area contributed by atoms with Gasteiger partial charge in [-0.2, -0.15) is 0 Å². The standard InChI is InChI=1S/C78H52B2N4OS/c1-9-29-53(30-10-1)71-75-77(72(54-31-11-2-12-32-54)78-76(71)80-64-46-26-28-48-68(64)85-69-51-62(52-70(86-78)74(69)80)82(57-37-17-5-18-38-57)58-39-19-6-20-40-58)84(60-43-23-8-24-44-60)67-50-61(81(55-33-13-3-14-34-55)56-35-15-4-16-36-56)49-66-73(67)79(75)63-45-25-27-47-65(63)83(66)59-41-21-7-22-42-59/h1-52H. The van der Waals surface area contributed by atoms with Crippen molar-refractivity contribution < 1.29 is 4.74 Å². The van der Waals surface area contributed by atoms with Crippen LogP contribution in [0.4, 0.5) is 68.2 Å². The zero-order chi connectivity index (χ0) is 56.7. The van der Waals surface area contributed by atoms with E-state index in [-0.39, 0.29) is 13.4 Å². The number of anilines is 12. The average molecular weight is 1110 g/mol. The second-order valence-corrected chi connectivity index (χ2v) is 23.3. The van der Waals surface area contributed by atoms with Gasteiger partial charge in [0.15, 0.2) is 0 Å². The summed E-state index contributed by atoms with van der Waals surface area (Å²) in [5.41, 5.74) is 25.2. The van der Waals surface area contributed by atoms with E-state index in [1.54, 1.807) is 0 Å². The third kappa shape index (κ3) is 7.98. The molecule has 0 unspecified atom stereocenters. The molecular weight excluding hydrogens is 1060 g/mol. The molecule has 0 saturated carbocycles. The largest absolute Gasteiger partial charge is 0.458 e. The number of rotatable bonds is 10. The highest BCUT2D eigenvalue weighted by molar-refractivity contribution is 8.00. The van der Waals surface area contributed by atoms with Crippen LogP contribution in [0.2, 0.25) is 0 Å². The molecule has 0 fully saturated rings. The maximum absolute atomic E-state index is 7.30. The van der Waals surface area contributed by atoms with Crippen molar-refractivity contribution in [3.8, 4) is 33.8 Å². The molecule has 8 heteroatoms. The number of benzene rings is 13. The summed E-state index contributed by atoms with van der Waals surface area (Å²) in [6.07, 6.45) is 0. The van der Waals surface area contributed by atoms with Crippen LogP contribution in [0.1, 0.15) is 0 Å². The molecule has 4 heterocycles. The van der Waals surface area contributed by atoms with Crippen LogP contribution < -0.4 is 57.1 Å². The first-order valence-corrected chi connectivity index (χ1v) is 30.3. The second-order valence-electron chi connectivity index (χ2n) is 22.3. The lowest BCUT2D eigenvalue weighted by molar-refractivity contribution is 0.486. The van der Waals surface area contributed by atoms with Crippen LogP contribution in [0.5, 0.6) is 11.5 Å². The lowest BCUT2D eigenvalue weighted by atomic mass is 9.29. The number of ether oxygens (including phenoxy) is 1. The molecule has 0 bridgehead atoms. The van der Waals surface area contributed by atoms with Crippen molar-refractivity contribution in [3.05, 3.63) is 315 Å². The highest BCUT2D eigenvalue weighted by Crippen LogP contribution is 2.55. The molecule has 0 atom stereocenters. The third-order valence-corrected chi connectivity index (χ3v) is 18.6. The first kappa shape index (κ1) is 49.9. The SMILES string of the molecule is c1ccc(-c2c3c(c(-c4ccccc4)c4c2B2c5ccccc5N(c5ccccc5)c5cc(N(c6ccccc6)c6ccccc6)cc(c52)N4c2ccccc2)Sc2cc(N(c4ccccc4)c4ccccc4)cc4c2B3c2ccccc2O4)cc1. The van der Waals surface area contributed by atoms with Gasteiger partial charge in [0.05, 0.1) is 17.1 Å². The van der Waals surface area contributed by atoms with Crippen molar-refractivity contribution in [1.82, 2.24) is 0 Å². The zero-order valence-corrected chi connectivity index (χ0v) is 47.6. The maximum Gasteiger partial charge on any atom is 0.254 e. The van der Waals surface area contributed by atoms with Crippen LogP contribution in [-0.4, -0.2) is 13.4 Å². The Morgan fingerprint density at radius 3 is 1.27 bits per heavy atom. The Labute approximate surface area is 506 Å². The van der Waals surface area contributed by atoms with Crippen LogP contribution in [0.15, 0.2) is 325 Å². The van der Waals surface area contributed by atoms with E-state index in [9.17, 15) is 0 Å². The molecule has 0 amide bonds. The smallest absolute Gasteiger partial charge is 0.254 e. The van der Waals surface area contributed by atoms with Crippen molar-refractivity contribution >= 4 is 126 Å². The van der Waals surface area contributed by atoms with Crippen LogP contribution in [0.25, 0.3) is 22.3 Å². The lowest BCUT2D eigenvalue weighted by Crippen LogP contribution is -2.65. The summed E-state index contributed by atoms with van der Waals surface area (Å²) >= 11 is 1.89. The van der Waals surface area contributed by atoms with Crippen LogP contribution in [0, 0.1) is 0 Å². The molecule has 0 aliphatic carbocycles. The minimum Gasteiger partial charge on any atom is -0.458 e. The van der Waals surface area contributed by atoms with Crippen molar-refractivity contribution in [2.45, 2.75) is 9.79 Å². The van der Waals surface area contributed by atoms with E-state index in [1.807, 2.05) is 11.8 Å². The summed E-state index contributed by atoms with van der Waals surface area (Å²) in [5, 5.41) is 0. The second kappa shape index (κ2) is 20.6. The fourth-order valence-electron chi connectivity index (χ4n) is 14.0. The molecule has 0 aromatic heterocycles. The van der Waals surface area contributed by atoms with Gasteiger partial charge in [0, 0.05) is 72.6 Å². The van der Waals surface area contributed by atoms with E-state index in [0.29, 0.717) is 0 Å². The Bertz CT molecular complexity index is 4640. The van der Waals surface area contributed by atoms with Crippen molar-refractivity contribution in [2.24, 2.45) is 0 Å². The Hall–Kier alpha value is -10.7. The van der Waals surface area contributed by atoms with E-state index in [1.165, 1.54) is 48.9 Å². The average Bonchev–Trinajstić information content (AvgIpc) is 0.684. The molecule has 0 radical (unpaired) electrons. The maximum atomic E-state index is 7.30. The number of nitrogens with zero attached hydrogens (tertiary/aromatic N) is 4. The van der Waals surface area contributed by atoms with E-state index in [4.69, 9.17) is 4.74 Å². The Morgan fingerprint density at radius 2 is 0.721 bits per heavy atom. The highest BCUT2D eigenvalue weighted by Gasteiger charge is 2.51. The van der Waals surface area contributed by atoms with Gasteiger partial charge in [0.1, 0.15) is 11.5 Å². The van der Waals surface area contributed by atoms with E-state index in [0.717, 1.165) is 95.7 Å². The summed E-state index contributed by atoms with van der Waals surface area (Å²) in [5.74, 6) is 1.73. The summed E-state index contributed by atoms with van der Waals surface area (Å²) in [6.45, 7) is -0.447. The van der Waals surface area contributed by atoms with Crippen molar-refractivity contribution in [1.29, 1.82) is 0 Å². The van der Waals surface area contributed by atoms with Crippen LogP contribution >= 0.6 is 11.8 Å². The molecule has 13 aromatic carbocycles. The molecule has 5 nitrogen and oxygen atoms in total.